The summed E-state index contributed by atoms with van der Waals surface area (Å²) in [7, 11) is 0. The molecule has 0 aliphatic carbocycles. The Balaban J connectivity index is 1.61. The van der Waals surface area contributed by atoms with Crippen molar-refractivity contribution in [1.82, 2.24) is 10.6 Å². The van der Waals surface area contributed by atoms with Crippen molar-refractivity contribution in [1.29, 1.82) is 0 Å². The molecule has 0 aliphatic heterocycles. The zero-order valence-electron chi connectivity index (χ0n) is 13.9. The molecule has 2 aromatic carbocycles. The van der Waals surface area contributed by atoms with Crippen molar-refractivity contribution in [3.8, 4) is 0 Å². The highest BCUT2D eigenvalue weighted by atomic mass is 79.9. The summed E-state index contributed by atoms with van der Waals surface area (Å²) in [5.41, 5.74) is 0.972. The van der Waals surface area contributed by atoms with Crippen LogP contribution in [0, 0.1) is 0 Å². The second kappa shape index (κ2) is 8.20. The van der Waals surface area contributed by atoms with E-state index in [1.165, 1.54) is 11.3 Å². The lowest BCUT2D eigenvalue weighted by molar-refractivity contribution is -0.120. The van der Waals surface area contributed by atoms with E-state index in [2.05, 4.69) is 26.6 Å². The summed E-state index contributed by atoms with van der Waals surface area (Å²) in [5.74, 6) is -0.612. The molecule has 0 fully saturated rings. The first-order valence-electron chi connectivity index (χ1n) is 7.96. The van der Waals surface area contributed by atoms with Crippen LogP contribution in [-0.4, -0.2) is 18.4 Å². The van der Waals surface area contributed by atoms with Crippen molar-refractivity contribution in [2.45, 2.75) is 13.0 Å². The normalized spacial score (nSPS) is 12.0. The van der Waals surface area contributed by atoms with Crippen LogP contribution in [0.1, 0.15) is 28.2 Å². The molecular weight excluding hydrogens is 436 g/mol. The number of carbonyl (C=O) groups is 2. The minimum absolute atomic E-state index is 0.113. The monoisotopic (exact) mass is 450 g/mol. The molecule has 1 aromatic heterocycles. The van der Waals surface area contributed by atoms with Crippen LogP contribution in [0.25, 0.3) is 10.1 Å². The molecule has 0 saturated heterocycles. The lowest BCUT2D eigenvalue weighted by Crippen LogP contribution is -2.37. The minimum atomic E-state index is -0.347. The van der Waals surface area contributed by atoms with Gasteiger partial charge in [-0.2, -0.15) is 0 Å². The molecule has 1 heterocycles. The van der Waals surface area contributed by atoms with E-state index in [0.29, 0.717) is 9.90 Å². The highest BCUT2D eigenvalue weighted by Crippen LogP contribution is 2.34. The van der Waals surface area contributed by atoms with E-state index in [-0.39, 0.29) is 24.4 Å². The average Bonchev–Trinajstić information content (AvgIpc) is 2.97. The molecule has 26 heavy (non-hydrogen) atoms. The van der Waals surface area contributed by atoms with Crippen LogP contribution < -0.4 is 10.6 Å². The third kappa shape index (κ3) is 4.09. The van der Waals surface area contributed by atoms with Crippen molar-refractivity contribution < 1.29 is 9.59 Å². The molecule has 0 saturated carbocycles. The predicted molar refractivity (Wildman–Crippen MR) is 110 cm³/mol. The topological polar surface area (TPSA) is 58.2 Å². The van der Waals surface area contributed by atoms with Crippen LogP contribution in [0.15, 0.2) is 53.0 Å². The summed E-state index contributed by atoms with van der Waals surface area (Å²) in [6.07, 6.45) is 0. The number of benzene rings is 2. The summed E-state index contributed by atoms with van der Waals surface area (Å²) in [6.45, 7) is 1.78. The first kappa shape index (κ1) is 18.9. The average molecular weight is 452 g/mol. The molecule has 7 heteroatoms. The van der Waals surface area contributed by atoms with E-state index in [4.69, 9.17) is 11.6 Å². The zero-order chi connectivity index (χ0) is 18.7. The summed E-state index contributed by atoms with van der Waals surface area (Å²) in [6, 6.07) is 15.1. The first-order valence-corrected chi connectivity index (χ1v) is 9.95. The Morgan fingerprint density at radius 1 is 1.15 bits per heavy atom. The number of fused-ring (bicyclic) bond motifs is 1. The number of nitrogens with one attached hydrogen (secondary N) is 2. The van der Waals surface area contributed by atoms with E-state index in [9.17, 15) is 9.59 Å². The van der Waals surface area contributed by atoms with Gasteiger partial charge in [-0.15, -0.1) is 11.3 Å². The molecule has 0 bridgehead atoms. The maximum Gasteiger partial charge on any atom is 0.263 e. The van der Waals surface area contributed by atoms with Crippen LogP contribution in [0.5, 0.6) is 0 Å². The fourth-order valence-corrected chi connectivity index (χ4v) is 4.66. The van der Waals surface area contributed by atoms with Gasteiger partial charge in [0.2, 0.25) is 5.91 Å². The van der Waals surface area contributed by atoms with Gasteiger partial charge in [0.15, 0.2) is 0 Å². The Kier molecular flexibility index (Phi) is 5.96. The van der Waals surface area contributed by atoms with Gasteiger partial charge in [0.25, 0.3) is 5.91 Å². The van der Waals surface area contributed by atoms with Gasteiger partial charge >= 0.3 is 0 Å². The fraction of sp³-hybridized carbons (Fsp3) is 0.158. The quantitative estimate of drug-likeness (QED) is 0.578. The summed E-state index contributed by atoms with van der Waals surface area (Å²) < 4.78 is 1.86. The molecule has 0 radical (unpaired) electrons. The highest BCUT2D eigenvalue weighted by molar-refractivity contribution is 9.10. The lowest BCUT2D eigenvalue weighted by atomic mass is 10.1. The van der Waals surface area contributed by atoms with Crippen molar-refractivity contribution in [2.24, 2.45) is 0 Å². The van der Waals surface area contributed by atoms with Gasteiger partial charge in [-0.1, -0.05) is 63.9 Å². The van der Waals surface area contributed by atoms with Gasteiger partial charge in [0, 0.05) is 14.6 Å². The number of amides is 2. The maximum absolute atomic E-state index is 12.4. The SMILES string of the molecule is CC(NC(=O)CNC(=O)c1sc2ccccc2c1Cl)c1ccccc1Br. The maximum atomic E-state index is 12.4. The van der Waals surface area contributed by atoms with Crippen LogP contribution in [0.3, 0.4) is 0 Å². The van der Waals surface area contributed by atoms with Crippen molar-refractivity contribution >= 4 is 60.8 Å². The van der Waals surface area contributed by atoms with Crippen LogP contribution in [0.4, 0.5) is 0 Å². The Bertz CT molecular complexity index is 973. The van der Waals surface area contributed by atoms with Gasteiger partial charge < -0.3 is 10.6 Å². The molecular formula is C19H16BrClN2O2S. The summed E-state index contributed by atoms with van der Waals surface area (Å²) in [5, 5.41) is 6.77. The highest BCUT2D eigenvalue weighted by Gasteiger charge is 2.18. The number of hydrogen-bond acceptors (Lipinski definition) is 3. The van der Waals surface area contributed by atoms with Gasteiger partial charge in [0.05, 0.1) is 17.6 Å². The fourth-order valence-electron chi connectivity index (χ4n) is 2.60. The van der Waals surface area contributed by atoms with E-state index in [1.807, 2.05) is 55.5 Å². The van der Waals surface area contributed by atoms with Crippen molar-refractivity contribution in [3.05, 3.63) is 68.5 Å². The molecule has 134 valence electrons. The number of hydrogen-bond donors (Lipinski definition) is 2. The molecule has 3 rings (SSSR count). The minimum Gasteiger partial charge on any atom is -0.348 e. The molecule has 0 aliphatic rings. The Morgan fingerprint density at radius 2 is 1.85 bits per heavy atom. The molecule has 1 unspecified atom stereocenters. The number of carbonyl (C=O) groups excluding carboxylic acids is 2. The first-order chi connectivity index (χ1) is 12.5. The standard InChI is InChI=1S/C19H16BrClN2O2S/c1-11(12-6-2-4-8-14(12)20)23-16(24)10-22-19(25)18-17(21)13-7-3-5-9-15(13)26-18/h2-9,11H,10H2,1H3,(H,22,25)(H,23,24). The summed E-state index contributed by atoms with van der Waals surface area (Å²) >= 11 is 11.1. The van der Waals surface area contributed by atoms with E-state index < -0.39 is 0 Å². The third-order valence-corrected chi connectivity index (χ3v) is 6.30. The second-order valence-corrected chi connectivity index (χ2v) is 8.02. The van der Waals surface area contributed by atoms with E-state index in [0.717, 1.165) is 20.1 Å². The van der Waals surface area contributed by atoms with Crippen LogP contribution >= 0.6 is 38.9 Å². The zero-order valence-corrected chi connectivity index (χ0v) is 17.0. The van der Waals surface area contributed by atoms with Gasteiger partial charge in [-0.3, -0.25) is 9.59 Å². The molecule has 4 nitrogen and oxygen atoms in total. The second-order valence-electron chi connectivity index (χ2n) is 5.73. The van der Waals surface area contributed by atoms with Gasteiger partial charge in [-0.05, 0) is 24.6 Å². The Labute approximate surface area is 168 Å². The van der Waals surface area contributed by atoms with Crippen LogP contribution in [-0.2, 0) is 4.79 Å². The number of rotatable bonds is 5. The number of thiophene rings is 1. The lowest BCUT2D eigenvalue weighted by Gasteiger charge is -2.16. The van der Waals surface area contributed by atoms with Crippen molar-refractivity contribution in [3.63, 3.8) is 0 Å². The number of halogens is 2. The van der Waals surface area contributed by atoms with E-state index in [1.54, 1.807) is 0 Å². The molecule has 3 aromatic rings. The third-order valence-electron chi connectivity index (χ3n) is 3.90. The molecule has 2 N–H and O–H groups in total. The van der Waals surface area contributed by atoms with Crippen molar-refractivity contribution in [2.75, 3.05) is 6.54 Å². The molecule has 0 spiro atoms. The Morgan fingerprint density at radius 3 is 2.58 bits per heavy atom. The Hall–Kier alpha value is -1.89. The van der Waals surface area contributed by atoms with Crippen LogP contribution in [0.2, 0.25) is 5.02 Å². The largest absolute Gasteiger partial charge is 0.348 e. The predicted octanol–water partition coefficient (Wildman–Crippen LogP) is 4.92. The van der Waals surface area contributed by atoms with Gasteiger partial charge in [-0.25, -0.2) is 0 Å². The molecule has 1 atom stereocenters. The van der Waals surface area contributed by atoms with Gasteiger partial charge in [0.1, 0.15) is 4.88 Å². The van der Waals surface area contributed by atoms with E-state index >= 15 is 0 Å². The summed E-state index contributed by atoms with van der Waals surface area (Å²) in [4.78, 5) is 25.0. The smallest absolute Gasteiger partial charge is 0.263 e. The molecule has 2 amide bonds.